The molecule has 2 amide bonds. The Morgan fingerprint density at radius 1 is 1.04 bits per heavy atom. The number of hydrogen-bond acceptors (Lipinski definition) is 4. The molecule has 0 bridgehead atoms. The Balaban J connectivity index is 1.52. The molecule has 3 aromatic rings. The third kappa shape index (κ3) is 3.82. The maximum atomic E-state index is 12.9. The van der Waals surface area contributed by atoms with E-state index in [-0.39, 0.29) is 17.7 Å². The van der Waals surface area contributed by atoms with Crippen molar-refractivity contribution >= 4 is 34.0 Å². The number of thiazole rings is 1. The summed E-state index contributed by atoms with van der Waals surface area (Å²) in [4.78, 5) is 31.0. The number of aryl methyl sites for hydroxylation is 2. The molecule has 1 unspecified atom stereocenters. The van der Waals surface area contributed by atoms with Gasteiger partial charge in [0.25, 0.3) is 5.91 Å². The van der Waals surface area contributed by atoms with Gasteiger partial charge in [0.1, 0.15) is 0 Å². The van der Waals surface area contributed by atoms with Gasteiger partial charge in [-0.2, -0.15) is 0 Å². The minimum Gasteiger partial charge on any atom is -0.325 e. The molecule has 0 radical (unpaired) electrons. The van der Waals surface area contributed by atoms with Crippen molar-refractivity contribution in [1.82, 2.24) is 4.98 Å². The average Bonchev–Trinajstić information content (AvgIpc) is 3.12. The van der Waals surface area contributed by atoms with Gasteiger partial charge in [0.05, 0.1) is 11.6 Å². The SMILES string of the molecule is Cc1ccccc1NC(=O)C1CCCc2sc(NC(=O)c3ccccc3)nc21. The largest absolute Gasteiger partial charge is 0.325 e. The number of anilines is 2. The molecule has 1 heterocycles. The molecule has 6 heteroatoms. The molecule has 1 aliphatic carbocycles. The highest BCUT2D eigenvalue weighted by Crippen LogP contribution is 2.37. The van der Waals surface area contributed by atoms with Crippen LogP contribution in [0.1, 0.15) is 45.3 Å². The van der Waals surface area contributed by atoms with Crippen molar-refractivity contribution in [2.75, 3.05) is 10.6 Å². The molecule has 0 saturated carbocycles. The second kappa shape index (κ2) is 7.94. The van der Waals surface area contributed by atoms with Gasteiger partial charge in [-0.3, -0.25) is 14.9 Å². The van der Waals surface area contributed by atoms with Gasteiger partial charge >= 0.3 is 0 Å². The highest BCUT2D eigenvalue weighted by molar-refractivity contribution is 7.16. The van der Waals surface area contributed by atoms with E-state index in [2.05, 4.69) is 15.6 Å². The second-order valence-corrected chi connectivity index (χ2v) is 7.98. The summed E-state index contributed by atoms with van der Waals surface area (Å²) in [5.41, 5.74) is 3.24. The van der Waals surface area contributed by atoms with Gasteiger partial charge in [-0.1, -0.05) is 36.4 Å². The lowest BCUT2D eigenvalue weighted by molar-refractivity contribution is -0.117. The molecule has 1 atom stereocenters. The van der Waals surface area contributed by atoms with Crippen molar-refractivity contribution in [1.29, 1.82) is 0 Å². The molecule has 4 rings (SSSR count). The molecule has 2 N–H and O–H groups in total. The predicted molar refractivity (Wildman–Crippen MR) is 112 cm³/mol. The maximum absolute atomic E-state index is 12.9. The number of aromatic nitrogens is 1. The van der Waals surface area contributed by atoms with Crippen molar-refractivity contribution in [3.05, 3.63) is 76.3 Å². The minimum absolute atomic E-state index is 0.0403. The summed E-state index contributed by atoms with van der Waals surface area (Å²) >= 11 is 1.47. The van der Waals surface area contributed by atoms with Gasteiger partial charge in [0, 0.05) is 16.1 Å². The summed E-state index contributed by atoms with van der Waals surface area (Å²) in [6.07, 6.45) is 2.59. The summed E-state index contributed by atoms with van der Waals surface area (Å²) in [7, 11) is 0. The highest BCUT2D eigenvalue weighted by atomic mass is 32.1. The van der Waals surface area contributed by atoms with E-state index >= 15 is 0 Å². The van der Waals surface area contributed by atoms with Crippen molar-refractivity contribution in [2.24, 2.45) is 0 Å². The first kappa shape index (κ1) is 18.4. The van der Waals surface area contributed by atoms with Gasteiger partial charge in [-0.15, -0.1) is 11.3 Å². The quantitative estimate of drug-likeness (QED) is 0.673. The first-order valence-electron chi connectivity index (χ1n) is 9.34. The zero-order chi connectivity index (χ0) is 19.5. The van der Waals surface area contributed by atoms with Crippen LogP contribution in [-0.2, 0) is 11.2 Å². The minimum atomic E-state index is -0.290. The predicted octanol–water partition coefficient (Wildman–Crippen LogP) is 4.76. The molecule has 2 aromatic carbocycles. The standard InChI is InChI=1S/C22H21N3O2S/c1-14-8-5-6-12-17(14)23-21(27)16-11-7-13-18-19(16)24-22(28-18)25-20(26)15-9-3-2-4-10-15/h2-6,8-10,12,16H,7,11,13H2,1H3,(H,23,27)(H,24,25,26). The van der Waals surface area contributed by atoms with Crippen molar-refractivity contribution in [3.63, 3.8) is 0 Å². The molecule has 28 heavy (non-hydrogen) atoms. The summed E-state index contributed by atoms with van der Waals surface area (Å²) in [5, 5.41) is 6.46. The zero-order valence-corrected chi connectivity index (χ0v) is 16.4. The Kier molecular flexibility index (Phi) is 5.21. The van der Waals surface area contributed by atoms with E-state index in [1.54, 1.807) is 12.1 Å². The fourth-order valence-electron chi connectivity index (χ4n) is 3.42. The molecule has 0 aliphatic heterocycles. The van der Waals surface area contributed by atoms with Crippen LogP contribution < -0.4 is 10.6 Å². The molecule has 0 fully saturated rings. The Morgan fingerprint density at radius 2 is 1.79 bits per heavy atom. The van der Waals surface area contributed by atoms with Gasteiger partial charge in [0.2, 0.25) is 5.91 Å². The van der Waals surface area contributed by atoms with Gasteiger partial charge in [-0.25, -0.2) is 4.98 Å². The molecule has 142 valence electrons. The number of benzene rings is 2. The summed E-state index contributed by atoms with van der Waals surface area (Å²) < 4.78 is 0. The summed E-state index contributed by atoms with van der Waals surface area (Å²) in [5.74, 6) is -0.518. The van der Waals surface area contributed by atoms with E-state index < -0.39 is 0 Å². The van der Waals surface area contributed by atoms with Gasteiger partial charge < -0.3 is 5.32 Å². The third-order valence-electron chi connectivity index (χ3n) is 4.93. The normalized spacial score (nSPS) is 15.5. The number of carbonyl (C=O) groups excluding carboxylic acids is 2. The van der Waals surface area contributed by atoms with E-state index in [4.69, 9.17) is 0 Å². The lowest BCUT2D eigenvalue weighted by atomic mass is 9.90. The van der Waals surface area contributed by atoms with Gasteiger partial charge in [0.15, 0.2) is 5.13 Å². The number of rotatable bonds is 4. The smallest absolute Gasteiger partial charge is 0.257 e. The summed E-state index contributed by atoms with van der Waals surface area (Å²) in [6.45, 7) is 1.97. The molecule has 0 saturated heterocycles. The number of amides is 2. The number of fused-ring (bicyclic) bond motifs is 1. The lowest BCUT2D eigenvalue weighted by Crippen LogP contribution is -2.25. The number of hydrogen-bond donors (Lipinski definition) is 2. The zero-order valence-electron chi connectivity index (χ0n) is 15.6. The molecule has 0 spiro atoms. The van der Waals surface area contributed by atoms with E-state index in [1.165, 1.54) is 11.3 Å². The van der Waals surface area contributed by atoms with Crippen LogP contribution >= 0.6 is 11.3 Å². The van der Waals surface area contributed by atoms with Crippen molar-refractivity contribution in [3.8, 4) is 0 Å². The second-order valence-electron chi connectivity index (χ2n) is 6.90. The Morgan fingerprint density at radius 3 is 2.57 bits per heavy atom. The first-order chi connectivity index (χ1) is 13.6. The molecule has 1 aliphatic rings. The van der Waals surface area contributed by atoms with E-state index in [0.29, 0.717) is 10.7 Å². The number of nitrogens with one attached hydrogen (secondary N) is 2. The summed E-state index contributed by atoms with van der Waals surface area (Å²) in [6, 6.07) is 16.8. The molecular weight excluding hydrogens is 370 g/mol. The monoisotopic (exact) mass is 391 g/mol. The van der Waals surface area contributed by atoms with E-state index in [1.807, 2.05) is 49.4 Å². The van der Waals surface area contributed by atoms with Crippen LogP contribution in [0.5, 0.6) is 0 Å². The molecular formula is C22H21N3O2S. The van der Waals surface area contributed by atoms with Crippen LogP contribution in [0, 0.1) is 6.92 Å². The fourth-order valence-corrected chi connectivity index (χ4v) is 4.48. The fraction of sp³-hybridized carbons (Fsp3) is 0.227. The van der Waals surface area contributed by atoms with Crippen LogP contribution in [-0.4, -0.2) is 16.8 Å². The number of para-hydroxylation sites is 1. The average molecular weight is 391 g/mol. The van der Waals surface area contributed by atoms with Crippen LogP contribution in [0.3, 0.4) is 0 Å². The lowest BCUT2D eigenvalue weighted by Gasteiger charge is -2.20. The highest BCUT2D eigenvalue weighted by Gasteiger charge is 2.30. The van der Waals surface area contributed by atoms with Crippen molar-refractivity contribution in [2.45, 2.75) is 32.1 Å². The van der Waals surface area contributed by atoms with Crippen molar-refractivity contribution < 1.29 is 9.59 Å². The van der Waals surface area contributed by atoms with Gasteiger partial charge in [-0.05, 0) is 49.9 Å². The number of carbonyl (C=O) groups is 2. The van der Waals surface area contributed by atoms with E-state index in [9.17, 15) is 9.59 Å². The molecule has 1 aromatic heterocycles. The third-order valence-corrected chi connectivity index (χ3v) is 5.98. The Labute approximate surface area is 167 Å². The topological polar surface area (TPSA) is 71.1 Å². The van der Waals surface area contributed by atoms with Crippen LogP contribution in [0.25, 0.3) is 0 Å². The Bertz CT molecular complexity index is 1010. The van der Waals surface area contributed by atoms with Crippen LogP contribution in [0.15, 0.2) is 54.6 Å². The molecule has 5 nitrogen and oxygen atoms in total. The Hall–Kier alpha value is -2.99. The first-order valence-corrected chi connectivity index (χ1v) is 10.2. The number of nitrogens with zero attached hydrogens (tertiary/aromatic N) is 1. The maximum Gasteiger partial charge on any atom is 0.257 e. The van der Waals surface area contributed by atoms with Crippen LogP contribution in [0.4, 0.5) is 10.8 Å². The van der Waals surface area contributed by atoms with Crippen LogP contribution in [0.2, 0.25) is 0 Å². The van der Waals surface area contributed by atoms with E-state index in [0.717, 1.165) is 41.1 Å².